The third-order valence-electron chi connectivity index (χ3n) is 6.48. The minimum Gasteiger partial charge on any atom is -0.265 e. The summed E-state index contributed by atoms with van der Waals surface area (Å²) in [5.41, 5.74) is 5.00. The number of rotatable bonds is 4. The predicted octanol–water partition coefficient (Wildman–Crippen LogP) is 9.06. The quantitative estimate of drug-likeness (QED) is 0.212. The molecule has 0 saturated heterocycles. The number of thiophene rings is 1. The van der Waals surface area contributed by atoms with E-state index in [9.17, 15) is 0 Å². The highest BCUT2D eigenvalue weighted by Crippen LogP contribution is 2.40. The second-order valence-corrected chi connectivity index (χ2v) is 10.9. The van der Waals surface area contributed by atoms with E-state index in [1.165, 1.54) is 20.2 Å². The molecule has 0 aliphatic carbocycles. The Bertz CT molecular complexity index is 1930. The van der Waals surface area contributed by atoms with Gasteiger partial charge in [-0.1, -0.05) is 76.6 Å². The monoisotopic (exact) mass is 570 g/mol. The van der Waals surface area contributed by atoms with Gasteiger partial charge in [0.15, 0.2) is 17.5 Å². The number of aromatic nitrogens is 4. The number of nitrogens with zero attached hydrogens (tertiary/aromatic N) is 4. The van der Waals surface area contributed by atoms with Crippen molar-refractivity contribution in [3.63, 3.8) is 0 Å². The van der Waals surface area contributed by atoms with Crippen molar-refractivity contribution in [3.8, 4) is 45.3 Å². The topological polar surface area (TPSA) is 51.6 Å². The molecule has 4 aromatic carbocycles. The zero-order chi connectivity index (χ0) is 25.5. The predicted molar refractivity (Wildman–Crippen MR) is 160 cm³/mol. The maximum atomic E-state index is 5.06. The van der Waals surface area contributed by atoms with Gasteiger partial charge in [-0.25, -0.2) is 15.0 Å². The van der Waals surface area contributed by atoms with E-state index in [-0.39, 0.29) is 0 Å². The van der Waals surface area contributed by atoms with Crippen LogP contribution in [0.25, 0.3) is 65.5 Å². The van der Waals surface area contributed by atoms with E-state index >= 15 is 0 Å². The fraction of sp³-hybridized carbons (Fsp3) is 0. The maximum absolute atomic E-state index is 5.06. The molecular weight excluding hydrogens is 552 g/mol. The van der Waals surface area contributed by atoms with Crippen molar-refractivity contribution in [1.29, 1.82) is 0 Å². The second-order valence-electron chi connectivity index (χ2n) is 8.91. The van der Waals surface area contributed by atoms with E-state index in [0.29, 0.717) is 17.5 Å². The lowest BCUT2D eigenvalue weighted by Gasteiger charge is -2.11. The van der Waals surface area contributed by atoms with E-state index in [1.54, 1.807) is 23.7 Å². The summed E-state index contributed by atoms with van der Waals surface area (Å²) in [5, 5.41) is 2.39. The molecular formula is C32H19BrN4S. The van der Waals surface area contributed by atoms with E-state index in [1.807, 2.05) is 42.5 Å². The Balaban J connectivity index is 1.49. The summed E-state index contributed by atoms with van der Waals surface area (Å²) in [7, 11) is 0. The van der Waals surface area contributed by atoms with Crippen LogP contribution in [0, 0.1) is 0 Å². The normalized spacial score (nSPS) is 11.3. The molecule has 0 atom stereocenters. The van der Waals surface area contributed by atoms with E-state index in [4.69, 9.17) is 15.0 Å². The molecule has 7 aromatic rings. The lowest BCUT2D eigenvalue weighted by atomic mass is 10.0. The van der Waals surface area contributed by atoms with Crippen molar-refractivity contribution in [2.75, 3.05) is 0 Å². The molecule has 180 valence electrons. The van der Waals surface area contributed by atoms with Gasteiger partial charge in [0, 0.05) is 53.7 Å². The molecule has 3 heterocycles. The van der Waals surface area contributed by atoms with Gasteiger partial charge in [-0.15, -0.1) is 11.3 Å². The van der Waals surface area contributed by atoms with Crippen LogP contribution >= 0.6 is 27.3 Å². The van der Waals surface area contributed by atoms with Crippen molar-refractivity contribution in [3.05, 3.63) is 120 Å². The van der Waals surface area contributed by atoms with Gasteiger partial charge in [0.25, 0.3) is 0 Å². The summed E-state index contributed by atoms with van der Waals surface area (Å²) < 4.78 is 3.42. The molecule has 0 aliphatic heterocycles. The number of benzene rings is 4. The van der Waals surface area contributed by atoms with E-state index < -0.39 is 0 Å². The molecule has 38 heavy (non-hydrogen) atoms. The van der Waals surface area contributed by atoms with Crippen LogP contribution in [0.3, 0.4) is 0 Å². The molecule has 0 bridgehead atoms. The number of hydrogen-bond donors (Lipinski definition) is 0. The SMILES string of the molecule is Brc1cc(-c2ccncc2)cc(-c2nc(-c3ccccc3)nc(-c3cccc4sc5ccccc5c34)n2)c1. The Kier molecular flexibility index (Phi) is 5.76. The van der Waals surface area contributed by atoms with Crippen LogP contribution in [-0.4, -0.2) is 19.9 Å². The molecule has 0 fully saturated rings. The molecule has 0 N–H and O–H groups in total. The molecule has 6 heteroatoms. The molecule has 0 saturated carbocycles. The molecule has 0 aliphatic rings. The summed E-state index contributed by atoms with van der Waals surface area (Å²) in [6.45, 7) is 0. The molecule has 0 amide bonds. The van der Waals surface area contributed by atoms with Crippen LogP contribution in [-0.2, 0) is 0 Å². The van der Waals surface area contributed by atoms with Crippen molar-refractivity contribution < 1.29 is 0 Å². The Morgan fingerprint density at radius 2 is 1.21 bits per heavy atom. The van der Waals surface area contributed by atoms with Crippen LogP contribution in [0.1, 0.15) is 0 Å². The van der Waals surface area contributed by atoms with Gasteiger partial charge in [0.05, 0.1) is 0 Å². The van der Waals surface area contributed by atoms with Gasteiger partial charge in [0.1, 0.15) is 0 Å². The lowest BCUT2D eigenvalue weighted by Crippen LogP contribution is -2.00. The third-order valence-corrected chi connectivity index (χ3v) is 8.07. The molecule has 3 aromatic heterocycles. The molecule has 4 nitrogen and oxygen atoms in total. The first-order valence-corrected chi connectivity index (χ1v) is 13.8. The van der Waals surface area contributed by atoms with Crippen molar-refractivity contribution >= 4 is 47.4 Å². The van der Waals surface area contributed by atoms with E-state index in [2.05, 4.69) is 81.6 Å². The first kappa shape index (κ1) is 22.9. The number of pyridine rings is 1. The highest BCUT2D eigenvalue weighted by atomic mass is 79.9. The van der Waals surface area contributed by atoms with Crippen molar-refractivity contribution in [2.24, 2.45) is 0 Å². The van der Waals surface area contributed by atoms with Gasteiger partial charge in [0.2, 0.25) is 0 Å². The van der Waals surface area contributed by atoms with Crippen LogP contribution in [0.4, 0.5) is 0 Å². The smallest absolute Gasteiger partial charge is 0.164 e. The van der Waals surface area contributed by atoms with Crippen LogP contribution < -0.4 is 0 Å². The standard InChI is InChI=1S/C32H19BrN4S/c33-24-18-22(20-13-15-34-16-14-20)17-23(19-24)31-35-30(21-7-2-1-3-8-21)36-32(37-31)26-10-6-12-28-29(26)25-9-4-5-11-27(25)38-28/h1-19H. The van der Waals surface area contributed by atoms with Crippen LogP contribution in [0.15, 0.2) is 120 Å². The molecule has 0 radical (unpaired) electrons. The minimum atomic E-state index is 0.627. The average Bonchev–Trinajstić information content (AvgIpc) is 3.36. The Morgan fingerprint density at radius 3 is 2.05 bits per heavy atom. The van der Waals surface area contributed by atoms with Gasteiger partial charge >= 0.3 is 0 Å². The van der Waals surface area contributed by atoms with Gasteiger partial charge in [-0.2, -0.15) is 0 Å². The fourth-order valence-electron chi connectivity index (χ4n) is 4.73. The van der Waals surface area contributed by atoms with Crippen LogP contribution in [0.5, 0.6) is 0 Å². The molecule has 7 rings (SSSR count). The first-order chi connectivity index (χ1) is 18.7. The van der Waals surface area contributed by atoms with Gasteiger partial charge < -0.3 is 0 Å². The van der Waals surface area contributed by atoms with Gasteiger partial charge in [-0.3, -0.25) is 4.98 Å². The summed E-state index contributed by atoms with van der Waals surface area (Å²) in [6.07, 6.45) is 3.60. The Hall–Kier alpha value is -4.26. The van der Waals surface area contributed by atoms with Crippen molar-refractivity contribution in [2.45, 2.75) is 0 Å². The van der Waals surface area contributed by atoms with Crippen LogP contribution in [0.2, 0.25) is 0 Å². The highest BCUT2D eigenvalue weighted by molar-refractivity contribution is 9.10. The molecule has 0 spiro atoms. The zero-order valence-corrected chi connectivity index (χ0v) is 22.4. The van der Waals surface area contributed by atoms with E-state index in [0.717, 1.165) is 32.3 Å². The number of fused-ring (bicyclic) bond motifs is 3. The fourth-order valence-corrected chi connectivity index (χ4v) is 6.36. The average molecular weight is 572 g/mol. The summed E-state index contributed by atoms with van der Waals surface area (Å²) >= 11 is 5.49. The van der Waals surface area contributed by atoms with Crippen molar-refractivity contribution in [1.82, 2.24) is 19.9 Å². The molecule has 0 unspecified atom stereocenters. The largest absolute Gasteiger partial charge is 0.265 e. The summed E-state index contributed by atoms with van der Waals surface area (Å²) in [6, 6.07) is 35.2. The Morgan fingerprint density at radius 1 is 0.526 bits per heavy atom. The maximum Gasteiger partial charge on any atom is 0.164 e. The number of halogens is 1. The Labute approximate surface area is 231 Å². The summed E-state index contributed by atoms with van der Waals surface area (Å²) in [4.78, 5) is 19.2. The highest BCUT2D eigenvalue weighted by Gasteiger charge is 2.17. The van der Waals surface area contributed by atoms with Gasteiger partial charge in [-0.05, 0) is 53.6 Å². The summed E-state index contributed by atoms with van der Waals surface area (Å²) in [5.74, 6) is 1.93. The number of hydrogen-bond acceptors (Lipinski definition) is 5. The third kappa shape index (κ3) is 4.18. The zero-order valence-electron chi connectivity index (χ0n) is 20.0. The lowest BCUT2D eigenvalue weighted by molar-refractivity contribution is 1.08. The minimum absolute atomic E-state index is 0.627. The first-order valence-electron chi connectivity index (χ1n) is 12.2. The second kappa shape index (κ2) is 9.56.